The van der Waals surface area contributed by atoms with Gasteiger partial charge in [-0.05, 0) is 12.8 Å². The molecule has 0 radical (unpaired) electrons. The lowest BCUT2D eigenvalue weighted by atomic mass is 9.98. The molecule has 1 fully saturated rings. The van der Waals surface area contributed by atoms with Crippen LogP contribution in [0.5, 0.6) is 0 Å². The highest BCUT2D eigenvalue weighted by atomic mass is 16.6. The van der Waals surface area contributed by atoms with Crippen molar-refractivity contribution in [2.24, 2.45) is 5.92 Å². The standard InChI is InChI=1S/C12H22O3/c1-10(2)12(13)15-9-8-14-11-6-4-3-5-7-11/h10-11H,3-9H2,1-2H3. The Morgan fingerprint density at radius 2 is 1.87 bits per heavy atom. The summed E-state index contributed by atoms with van der Waals surface area (Å²) < 4.78 is 10.7. The second-order valence-corrected chi connectivity index (χ2v) is 4.45. The Hall–Kier alpha value is -0.570. The van der Waals surface area contributed by atoms with Gasteiger partial charge in [-0.15, -0.1) is 0 Å². The fourth-order valence-electron chi connectivity index (χ4n) is 1.76. The molecule has 1 saturated carbocycles. The molecule has 0 heterocycles. The van der Waals surface area contributed by atoms with Crippen LogP contribution in [0.1, 0.15) is 46.0 Å². The van der Waals surface area contributed by atoms with Gasteiger partial charge in [0.15, 0.2) is 0 Å². The normalized spacial score (nSPS) is 18.1. The van der Waals surface area contributed by atoms with E-state index in [1.54, 1.807) is 0 Å². The topological polar surface area (TPSA) is 35.5 Å². The fourth-order valence-corrected chi connectivity index (χ4v) is 1.76. The van der Waals surface area contributed by atoms with Crippen molar-refractivity contribution in [1.82, 2.24) is 0 Å². The third-order valence-corrected chi connectivity index (χ3v) is 2.70. The van der Waals surface area contributed by atoms with Crippen LogP contribution in [-0.4, -0.2) is 25.3 Å². The van der Waals surface area contributed by atoms with Crippen LogP contribution in [-0.2, 0) is 14.3 Å². The first-order valence-corrected chi connectivity index (χ1v) is 5.98. The van der Waals surface area contributed by atoms with Crippen LogP contribution in [0.2, 0.25) is 0 Å². The van der Waals surface area contributed by atoms with Gasteiger partial charge in [-0.2, -0.15) is 0 Å². The van der Waals surface area contributed by atoms with Crippen molar-refractivity contribution in [3.05, 3.63) is 0 Å². The Bertz CT molecular complexity index is 183. The third-order valence-electron chi connectivity index (χ3n) is 2.70. The Kier molecular flexibility index (Phi) is 5.69. The summed E-state index contributed by atoms with van der Waals surface area (Å²) in [4.78, 5) is 11.1. The van der Waals surface area contributed by atoms with Crippen molar-refractivity contribution in [2.45, 2.75) is 52.1 Å². The number of carbonyl (C=O) groups is 1. The first-order chi connectivity index (χ1) is 7.20. The van der Waals surface area contributed by atoms with E-state index in [0.717, 1.165) is 12.8 Å². The number of ether oxygens (including phenoxy) is 2. The van der Waals surface area contributed by atoms with Gasteiger partial charge in [0.05, 0.1) is 18.6 Å². The Morgan fingerprint density at radius 1 is 1.20 bits per heavy atom. The van der Waals surface area contributed by atoms with E-state index < -0.39 is 0 Å². The highest BCUT2D eigenvalue weighted by Gasteiger charge is 2.14. The molecule has 0 amide bonds. The Labute approximate surface area is 92.1 Å². The largest absolute Gasteiger partial charge is 0.463 e. The van der Waals surface area contributed by atoms with E-state index in [1.165, 1.54) is 19.3 Å². The van der Waals surface area contributed by atoms with E-state index in [9.17, 15) is 4.79 Å². The van der Waals surface area contributed by atoms with E-state index in [0.29, 0.717) is 19.3 Å². The lowest BCUT2D eigenvalue weighted by molar-refractivity contribution is -0.149. The van der Waals surface area contributed by atoms with E-state index in [4.69, 9.17) is 9.47 Å². The Morgan fingerprint density at radius 3 is 2.47 bits per heavy atom. The summed E-state index contributed by atoms with van der Waals surface area (Å²) in [5, 5.41) is 0. The summed E-state index contributed by atoms with van der Waals surface area (Å²) in [6, 6.07) is 0. The van der Waals surface area contributed by atoms with Gasteiger partial charge in [-0.25, -0.2) is 0 Å². The molecular formula is C12H22O3. The maximum absolute atomic E-state index is 11.1. The quantitative estimate of drug-likeness (QED) is 0.521. The molecular weight excluding hydrogens is 192 g/mol. The van der Waals surface area contributed by atoms with E-state index in [2.05, 4.69) is 0 Å². The molecule has 0 atom stereocenters. The monoisotopic (exact) mass is 214 g/mol. The summed E-state index contributed by atoms with van der Waals surface area (Å²) >= 11 is 0. The second kappa shape index (κ2) is 6.83. The number of rotatable bonds is 5. The molecule has 0 saturated heterocycles. The highest BCUT2D eigenvalue weighted by molar-refractivity contribution is 5.71. The molecule has 0 N–H and O–H groups in total. The highest BCUT2D eigenvalue weighted by Crippen LogP contribution is 2.19. The summed E-state index contributed by atoms with van der Waals surface area (Å²) in [6.45, 7) is 4.62. The van der Waals surface area contributed by atoms with Crippen molar-refractivity contribution in [2.75, 3.05) is 13.2 Å². The summed E-state index contributed by atoms with van der Waals surface area (Å²) in [6.07, 6.45) is 6.61. The zero-order chi connectivity index (χ0) is 11.1. The maximum Gasteiger partial charge on any atom is 0.308 e. The lowest BCUT2D eigenvalue weighted by Crippen LogP contribution is -2.21. The minimum Gasteiger partial charge on any atom is -0.463 e. The van der Waals surface area contributed by atoms with Gasteiger partial charge in [0.1, 0.15) is 6.61 Å². The molecule has 0 unspecified atom stereocenters. The zero-order valence-electron chi connectivity index (χ0n) is 9.83. The average molecular weight is 214 g/mol. The molecule has 0 aromatic heterocycles. The minimum atomic E-state index is -0.137. The van der Waals surface area contributed by atoms with Crippen molar-refractivity contribution < 1.29 is 14.3 Å². The first-order valence-electron chi connectivity index (χ1n) is 5.98. The first kappa shape index (κ1) is 12.5. The van der Waals surface area contributed by atoms with Crippen molar-refractivity contribution in [1.29, 1.82) is 0 Å². The van der Waals surface area contributed by atoms with Gasteiger partial charge in [0.2, 0.25) is 0 Å². The predicted molar refractivity (Wildman–Crippen MR) is 58.6 cm³/mol. The molecule has 0 aromatic carbocycles. The van der Waals surface area contributed by atoms with Crippen LogP contribution in [0.25, 0.3) is 0 Å². The van der Waals surface area contributed by atoms with Crippen LogP contribution >= 0.6 is 0 Å². The molecule has 15 heavy (non-hydrogen) atoms. The molecule has 3 heteroatoms. The number of hydrogen-bond acceptors (Lipinski definition) is 3. The zero-order valence-corrected chi connectivity index (χ0v) is 9.83. The fraction of sp³-hybridized carbons (Fsp3) is 0.917. The molecule has 0 spiro atoms. The van der Waals surface area contributed by atoms with Gasteiger partial charge in [0.25, 0.3) is 0 Å². The third kappa shape index (κ3) is 5.17. The van der Waals surface area contributed by atoms with Crippen molar-refractivity contribution in [3.8, 4) is 0 Å². The second-order valence-electron chi connectivity index (χ2n) is 4.45. The van der Waals surface area contributed by atoms with Gasteiger partial charge in [0, 0.05) is 0 Å². The SMILES string of the molecule is CC(C)C(=O)OCCOC1CCCCC1. The van der Waals surface area contributed by atoms with Crippen LogP contribution in [0.4, 0.5) is 0 Å². The van der Waals surface area contributed by atoms with Gasteiger partial charge in [-0.3, -0.25) is 4.79 Å². The van der Waals surface area contributed by atoms with Crippen LogP contribution in [0.15, 0.2) is 0 Å². The summed E-state index contributed by atoms with van der Waals surface area (Å²) in [5.74, 6) is -0.179. The van der Waals surface area contributed by atoms with Gasteiger partial charge in [-0.1, -0.05) is 33.1 Å². The van der Waals surface area contributed by atoms with Crippen LogP contribution in [0.3, 0.4) is 0 Å². The number of carbonyl (C=O) groups excluding carboxylic acids is 1. The molecule has 0 bridgehead atoms. The van der Waals surface area contributed by atoms with Crippen molar-refractivity contribution >= 4 is 5.97 Å². The van der Waals surface area contributed by atoms with E-state index in [1.807, 2.05) is 13.8 Å². The summed E-state index contributed by atoms with van der Waals surface area (Å²) in [7, 11) is 0. The van der Waals surface area contributed by atoms with Crippen molar-refractivity contribution in [3.63, 3.8) is 0 Å². The molecule has 1 aliphatic carbocycles. The van der Waals surface area contributed by atoms with Crippen LogP contribution < -0.4 is 0 Å². The van der Waals surface area contributed by atoms with E-state index in [-0.39, 0.29) is 11.9 Å². The molecule has 0 aliphatic heterocycles. The van der Waals surface area contributed by atoms with Gasteiger partial charge < -0.3 is 9.47 Å². The molecule has 3 nitrogen and oxygen atoms in total. The predicted octanol–water partition coefficient (Wildman–Crippen LogP) is 2.53. The molecule has 0 aromatic rings. The molecule has 88 valence electrons. The number of hydrogen-bond donors (Lipinski definition) is 0. The summed E-state index contributed by atoms with van der Waals surface area (Å²) in [5.41, 5.74) is 0. The smallest absolute Gasteiger partial charge is 0.308 e. The molecule has 1 aliphatic rings. The molecule has 1 rings (SSSR count). The van der Waals surface area contributed by atoms with Gasteiger partial charge >= 0.3 is 5.97 Å². The minimum absolute atomic E-state index is 0.0420. The average Bonchev–Trinajstić information content (AvgIpc) is 2.25. The van der Waals surface area contributed by atoms with E-state index >= 15 is 0 Å². The number of esters is 1. The maximum atomic E-state index is 11.1. The van der Waals surface area contributed by atoms with Crippen LogP contribution in [0, 0.1) is 5.92 Å². The lowest BCUT2D eigenvalue weighted by Gasteiger charge is -2.21. The Balaban J connectivity index is 1.98.